The zero-order valence-electron chi connectivity index (χ0n) is 10.3. The molecule has 5 nitrogen and oxygen atoms in total. The lowest BCUT2D eigenvalue weighted by molar-refractivity contribution is -0.149. The standard InChI is InChI=1S/C13H16N2O3/c1-14-7-13(18)15(8-12(14)17)6-10-2-4-11(9-16)5-3-10/h2-5,16H,6-9H2,1H3. The zero-order valence-corrected chi connectivity index (χ0v) is 10.3. The van der Waals surface area contributed by atoms with Gasteiger partial charge in [0.25, 0.3) is 0 Å². The average molecular weight is 248 g/mol. The van der Waals surface area contributed by atoms with E-state index in [-0.39, 0.29) is 31.5 Å². The highest BCUT2D eigenvalue weighted by atomic mass is 16.3. The van der Waals surface area contributed by atoms with Crippen molar-refractivity contribution in [2.75, 3.05) is 20.1 Å². The maximum atomic E-state index is 11.8. The third-order valence-electron chi connectivity index (χ3n) is 3.06. The Hall–Kier alpha value is -1.88. The largest absolute Gasteiger partial charge is 0.392 e. The van der Waals surface area contributed by atoms with E-state index in [4.69, 9.17) is 5.11 Å². The second-order valence-corrected chi connectivity index (χ2v) is 4.47. The average Bonchev–Trinajstić information content (AvgIpc) is 2.37. The molecule has 5 heteroatoms. The van der Waals surface area contributed by atoms with Crippen LogP contribution in [0.3, 0.4) is 0 Å². The van der Waals surface area contributed by atoms with Gasteiger partial charge in [0.1, 0.15) is 6.54 Å². The fourth-order valence-electron chi connectivity index (χ4n) is 1.88. The van der Waals surface area contributed by atoms with Crippen LogP contribution in [0.2, 0.25) is 0 Å². The monoisotopic (exact) mass is 248 g/mol. The number of benzene rings is 1. The Morgan fingerprint density at radius 3 is 2.28 bits per heavy atom. The van der Waals surface area contributed by atoms with Gasteiger partial charge in [-0.3, -0.25) is 9.59 Å². The minimum absolute atomic E-state index is 0.00616. The first kappa shape index (κ1) is 12.6. The lowest BCUT2D eigenvalue weighted by atomic mass is 10.1. The topological polar surface area (TPSA) is 60.9 Å². The van der Waals surface area contributed by atoms with Gasteiger partial charge in [0.2, 0.25) is 11.8 Å². The number of likely N-dealkylation sites (N-methyl/N-ethyl adjacent to an activating group) is 1. The third kappa shape index (κ3) is 2.68. The number of hydrogen-bond acceptors (Lipinski definition) is 3. The van der Waals surface area contributed by atoms with E-state index in [1.165, 1.54) is 4.90 Å². The van der Waals surface area contributed by atoms with E-state index in [0.717, 1.165) is 11.1 Å². The highest BCUT2D eigenvalue weighted by Crippen LogP contribution is 2.11. The van der Waals surface area contributed by atoms with E-state index in [9.17, 15) is 9.59 Å². The molecule has 1 N–H and O–H groups in total. The summed E-state index contributed by atoms with van der Waals surface area (Å²) >= 11 is 0. The fourth-order valence-corrected chi connectivity index (χ4v) is 1.88. The Morgan fingerprint density at radius 2 is 1.67 bits per heavy atom. The lowest BCUT2D eigenvalue weighted by Gasteiger charge is -2.31. The van der Waals surface area contributed by atoms with Crippen molar-refractivity contribution < 1.29 is 14.7 Å². The van der Waals surface area contributed by atoms with Crippen LogP contribution in [0.4, 0.5) is 0 Å². The number of rotatable bonds is 3. The second-order valence-electron chi connectivity index (χ2n) is 4.47. The SMILES string of the molecule is CN1CC(=O)N(Cc2ccc(CO)cc2)CC1=O. The maximum Gasteiger partial charge on any atom is 0.242 e. The molecule has 0 atom stereocenters. The van der Waals surface area contributed by atoms with E-state index < -0.39 is 0 Å². The first-order valence-corrected chi connectivity index (χ1v) is 5.80. The van der Waals surface area contributed by atoms with Gasteiger partial charge < -0.3 is 14.9 Å². The van der Waals surface area contributed by atoms with Gasteiger partial charge in [-0.2, -0.15) is 0 Å². The van der Waals surface area contributed by atoms with Crippen LogP contribution in [0, 0.1) is 0 Å². The summed E-state index contributed by atoms with van der Waals surface area (Å²) in [4.78, 5) is 26.3. The zero-order chi connectivity index (χ0) is 13.1. The molecule has 1 aromatic carbocycles. The molecule has 1 aliphatic heterocycles. The summed E-state index contributed by atoms with van der Waals surface area (Å²) in [6, 6.07) is 7.36. The molecule has 0 spiro atoms. The van der Waals surface area contributed by atoms with Crippen LogP contribution in [0.25, 0.3) is 0 Å². The van der Waals surface area contributed by atoms with Crippen molar-refractivity contribution in [3.63, 3.8) is 0 Å². The van der Waals surface area contributed by atoms with Crippen LogP contribution in [-0.2, 0) is 22.7 Å². The summed E-state index contributed by atoms with van der Waals surface area (Å²) in [5, 5.41) is 8.94. The molecular weight excluding hydrogens is 232 g/mol. The summed E-state index contributed by atoms with van der Waals surface area (Å²) < 4.78 is 0. The number of piperazine rings is 1. The Balaban J connectivity index is 2.04. The third-order valence-corrected chi connectivity index (χ3v) is 3.06. The lowest BCUT2D eigenvalue weighted by Crippen LogP contribution is -2.51. The second kappa shape index (κ2) is 5.18. The van der Waals surface area contributed by atoms with Gasteiger partial charge in [0, 0.05) is 13.6 Å². The molecule has 1 heterocycles. The quantitative estimate of drug-likeness (QED) is 0.817. The number of aliphatic hydroxyl groups is 1. The summed E-state index contributed by atoms with van der Waals surface area (Å²) in [5.41, 5.74) is 1.79. The Morgan fingerprint density at radius 1 is 1.06 bits per heavy atom. The van der Waals surface area contributed by atoms with E-state index in [2.05, 4.69) is 0 Å². The Kier molecular flexibility index (Phi) is 3.62. The Bertz CT molecular complexity index is 456. The molecule has 18 heavy (non-hydrogen) atoms. The Labute approximate surface area is 106 Å². The molecule has 1 fully saturated rings. The van der Waals surface area contributed by atoms with Crippen molar-refractivity contribution in [3.05, 3.63) is 35.4 Å². The van der Waals surface area contributed by atoms with Crippen LogP contribution < -0.4 is 0 Å². The number of hydrogen-bond donors (Lipinski definition) is 1. The molecule has 2 amide bonds. The molecule has 0 saturated carbocycles. The predicted molar refractivity (Wildman–Crippen MR) is 65.4 cm³/mol. The smallest absolute Gasteiger partial charge is 0.242 e. The molecule has 0 radical (unpaired) electrons. The maximum absolute atomic E-state index is 11.8. The fraction of sp³-hybridized carbons (Fsp3) is 0.385. The predicted octanol–water partition coefficient (Wildman–Crippen LogP) is -0.0205. The van der Waals surface area contributed by atoms with E-state index >= 15 is 0 Å². The van der Waals surface area contributed by atoms with E-state index in [1.54, 1.807) is 11.9 Å². The van der Waals surface area contributed by atoms with Crippen molar-refractivity contribution >= 4 is 11.8 Å². The van der Waals surface area contributed by atoms with Crippen LogP contribution in [-0.4, -0.2) is 46.9 Å². The van der Waals surface area contributed by atoms with Crippen molar-refractivity contribution in [2.45, 2.75) is 13.2 Å². The highest BCUT2D eigenvalue weighted by Gasteiger charge is 2.27. The molecule has 1 saturated heterocycles. The van der Waals surface area contributed by atoms with Crippen molar-refractivity contribution in [1.29, 1.82) is 0 Å². The molecule has 0 bridgehead atoms. The first-order chi connectivity index (χ1) is 8.60. The molecule has 2 rings (SSSR count). The van der Waals surface area contributed by atoms with Crippen molar-refractivity contribution in [1.82, 2.24) is 9.80 Å². The molecule has 96 valence electrons. The van der Waals surface area contributed by atoms with Crippen LogP contribution in [0.1, 0.15) is 11.1 Å². The minimum Gasteiger partial charge on any atom is -0.392 e. The number of carbonyl (C=O) groups excluding carboxylic acids is 2. The van der Waals surface area contributed by atoms with E-state index in [0.29, 0.717) is 6.54 Å². The number of carbonyl (C=O) groups is 2. The summed E-state index contributed by atoms with van der Waals surface area (Å²) in [7, 11) is 1.63. The molecule has 0 aromatic heterocycles. The van der Waals surface area contributed by atoms with Crippen LogP contribution in [0.5, 0.6) is 0 Å². The van der Waals surface area contributed by atoms with Crippen LogP contribution in [0.15, 0.2) is 24.3 Å². The highest BCUT2D eigenvalue weighted by molar-refractivity contribution is 5.92. The normalized spacial score (nSPS) is 16.3. The van der Waals surface area contributed by atoms with Gasteiger partial charge >= 0.3 is 0 Å². The van der Waals surface area contributed by atoms with Gasteiger partial charge in [0.05, 0.1) is 13.2 Å². The first-order valence-electron chi connectivity index (χ1n) is 5.80. The van der Waals surface area contributed by atoms with Crippen molar-refractivity contribution in [2.24, 2.45) is 0 Å². The molecular formula is C13H16N2O3. The number of nitrogens with zero attached hydrogens (tertiary/aromatic N) is 2. The summed E-state index contributed by atoms with van der Waals surface area (Å²) in [5.74, 6) is -0.0788. The number of amides is 2. The van der Waals surface area contributed by atoms with Gasteiger partial charge in [0.15, 0.2) is 0 Å². The number of aliphatic hydroxyl groups excluding tert-OH is 1. The van der Waals surface area contributed by atoms with Gasteiger partial charge in [-0.1, -0.05) is 24.3 Å². The minimum atomic E-state index is -0.0402. The summed E-state index contributed by atoms with van der Waals surface area (Å²) in [6.07, 6.45) is 0. The van der Waals surface area contributed by atoms with Crippen molar-refractivity contribution in [3.8, 4) is 0 Å². The summed E-state index contributed by atoms with van der Waals surface area (Å²) in [6.45, 7) is 0.723. The van der Waals surface area contributed by atoms with Gasteiger partial charge in [-0.15, -0.1) is 0 Å². The molecule has 1 aliphatic rings. The molecule has 1 aromatic rings. The van der Waals surface area contributed by atoms with Crippen LogP contribution >= 0.6 is 0 Å². The van der Waals surface area contributed by atoms with Gasteiger partial charge in [-0.05, 0) is 11.1 Å². The van der Waals surface area contributed by atoms with E-state index in [1.807, 2.05) is 24.3 Å². The van der Waals surface area contributed by atoms with Gasteiger partial charge in [-0.25, -0.2) is 0 Å². The molecule has 0 unspecified atom stereocenters. The molecule has 0 aliphatic carbocycles.